The summed E-state index contributed by atoms with van der Waals surface area (Å²) in [5.41, 5.74) is -0.948. The van der Waals surface area contributed by atoms with Crippen LogP contribution in [0.15, 0.2) is 28.1 Å². The van der Waals surface area contributed by atoms with E-state index in [-0.39, 0.29) is 26.9 Å². The minimum absolute atomic E-state index is 0. The first-order chi connectivity index (χ1) is 10.7. The zero-order valence-corrected chi connectivity index (χ0v) is 16.6. The number of carbonyl (C=O) groups is 1. The molecule has 0 aliphatic carbocycles. The van der Waals surface area contributed by atoms with Gasteiger partial charge in [0.15, 0.2) is 10.9 Å². The molecule has 2 N–H and O–H groups in total. The Bertz CT molecular complexity index is 817. The van der Waals surface area contributed by atoms with Crippen LogP contribution in [0.5, 0.6) is 0 Å². The number of rotatable bonds is 3. The Morgan fingerprint density at radius 3 is 2.88 bits per heavy atom. The van der Waals surface area contributed by atoms with Crippen LogP contribution in [-0.2, 0) is 20.5 Å². The van der Waals surface area contributed by atoms with Crippen molar-refractivity contribution in [3.8, 4) is 0 Å². The summed E-state index contributed by atoms with van der Waals surface area (Å²) in [6.45, 7) is 2.26. The summed E-state index contributed by atoms with van der Waals surface area (Å²) in [4.78, 5) is 16.9. The molecule has 3 rings (SSSR count). The molecule has 1 saturated heterocycles. The van der Waals surface area contributed by atoms with E-state index in [1.807, 2.05) is 4.72 Å². The summed E-state index contributed by atoms with van der Waals surface area (Å²) in [6.07, 6.45) is 0. The average Bonchev–Trinajstić information content (AvgIpc) is 3.03. The van der Waals surface area contributed by atoms with E-state index in [1.165, 1.54) is 23.9 Å². The zero-order valence-electron chi connectivity index (χ0n) is 12.5. The Balaban J connectivity index is 0.00000208. The summed E-state index contributed by atoms with van der Waals surface area (Å²) in [5.74, 6) is -0.372. The number of amidine groups is 1. The van der Waals surface area contributed by atoms with Gasteiger partial charge in [0.25, 0.3) is 10.0 Å². The Morgan fingerprint density at radius 2 is 2.21 bits per heavy atom. The maximum Gasteiger partial charge on any atom is 0.265 e. The number of halogens is 2. The number of nitrogens with zero attached hydrogens (tertiary/aromatic N) is 2. The third-order valence-electron chi connectivity index (χ3n) is 3.61. The minimum Gasteiger partial charge on any atom is -0.366 e. The summed E-state index contributed by atoms with van der Waals surface area (Å²) >= 11 is 7.39. The number of sulfonamides is 1. The smallest absolute Gasteiger partial charge is 0.265 e. The Hall–Kier alpha value is -0.810. The molecule has 0 spiro atoms. The second-order valence-corrected chi connectivity index (χ2v) is 8.23. The molecule has 1 amide bonds. The summed E-state index contributed by atoms with van der Waals surface area (Å²) in [7, 11) is -4.09. The molecule has 1 atom stereocenters. The van der Waals surface area contributed by atoms with Crippen molar-refractivity contribution in [2.45, 2.75) is 17.5 Å². The Morgan fingerprint density at radius 1 is 1.50 bits per heavy atom. The number of amides is 1. The zero-order chi connectivity index (χ0) is 16.8. The van der Waals surface area contributed by atoms with Gasteiger partial charge >= 0.3 is 0 Å². The van der Waals surface area contributed by atoms with Crippen molar-refractivity contribution in [3.05, 3.63) is 28.8 Å². The van der Waals surface area contributed by atoms with Crippen molar-refractivity contribution in [2.75, 3.05) is 18.8 Å². The monoisotopic (exact) mass is 455 g/mol. The van der Waals surface area contributed by atoms with Crippen LogP contribution in [0.3, 0.4) is 0 Å². The molecule has 0 bridgehead atoms. The second-order valence-electron chi connectivity index (χ2n) is 5.23. The fourth-order valence-corrected chi connectivity index (χ4v) is 5.33. The SMILES string of the molecule is Br.CC(=O)NS(=O)(=O)c1cc(C2(O)CSC3=NCCN32)ccc1Cl. The highest BCUT2D eigenvalue weighted by Crippen LogP contribution is 2.41. The molecule has 1 unspecified atom stereocenters. The van der Waals surface area contributed by atoms with Gasteiger partial charge in [-0.2, -0.15) is 0 Å². The molecular formula is C13H15BrClN3O4S2. The Kier molecular flexibility index (Phi) is 5.55. The van der Waals surface area contributed by atoms with Crippen molar-refractivity contribution < 1.29 is 18.3 Å². The lowest BCUT2D eigenvalue weighted by molar-refractivity contribution is -0.117. The number of hydrogen-bond acceptors (Lipinski definition) is 7. The van der Waals surface area contributed by atoms with Crippen LogP contribution in [0.2, 0.25) is 5.02 Å². The van der Waals surface area contributed by atoms with E-state index in [9.17, 15) is 18.3 Å². The first kappa shape index (κ1) is 19.5. The average molecular weight is 457 g/mol. The van der Waals surface area contributed by atoms with Crippen LogP contribution in [-0.4, -0.2) is 48.3 Å². The first-order valence-corrected chi connectivity index (χ1v) is 9.59. The van der Waals surface area contributed by atoms with E-state index in [2.05, 4.69) is 4.99 Å². The third kappa shape index (κ3) is 3.30. The molecule has 0 saturated carbocycles. The summed E-state index contributed by atoms with van der Waals surface area (Å²) in [6, 6.07) is 4.28. The standard InChI is InChI=1S/C13H14ClN3O4S2.BrH/c1-8(18)16-23(20,21)11-6-9(2-3-10(11)14)13(19)7-22-12-15-4-5-17(12)13;/h2-3,6,19H,4-5,7H2,1H3,(H,16,18);1H. The van der Waals surface area contributed by atoms with Gasteiger partial charge in [-0.25, -0.2) is 13.1 Å². The van der Waals surface area contributed by atoms with Crippen molar-refractivity contribution in [1.82, 2.24) is 9.62 Å². The maximum atomic E-state index is 12.2. The molecular weight excluding hydrogens is 442 g/mol. The number of aliphatic hydroxyl groups is 1. The first-order valence-electron chi connectivity index (χ1n) is 6.75. The number of fused-ring (bicyclic) bond motifs is 1. The van der Waals surface area contributed by atoms with Crippen molar-refractivity contribution in [3.63, 3.8) is 0 Å². The molecule has 11 heteroatoms. The minimum atomic E-state index is -4.09. The quantitative estimate of drug-likeness (QED) is 0.711. The van der Waals surface area contributed by atoms with E-state index in [4.69, 9.17) is 11.6 Å². The van der Waals surface area contributed by atoms with Gasteiger partial charge in [0, 0.05) is 19.0 Å². The van der Waals surface area contributed by atoms with Crippen LogP contribution in [0.4, 0.5) is 0 Å². The molecule has 132 valence electrons. The topological polar surface area (TPSA) is 99.1 Å². The van der Waals surface area contributed by atoms with E-state index in [1.54, 1.807) is 11.0 Å². The number of hydrogen-bond donors (Lipinski definition) is 2. The fourth-order valence-electron chi connectivity index (χ4n) is 2.58. The number of aliphatic imine (C=N–C) groups is 1. The van der Waals surface area contributed by atoms with Gasteiger partial charge in [-0.05, 0) is 12.1 Å². The van der Waals surface area contributed by atoms with Gasteiger partial charge in [0.2, 0.25) is 5.91 Å². The van der Waals surface area contributed by atoms with E-state index >= 15 is 0 Å². The normalized spacial score (nSPS) is 22.6. The van der Waals surface area contributed by atoms with Crippen molar-refractivity contribution in [2.24, 2.45) is 4.99 Å². The molecule has 2 heterocycles. The highest BCUT2D eigenvalue weighted by atomic mass is 79.9. The van der Waals surface area contributed by atoms with Crippen LogP contribution in [0.25, 0.3) is 0 Å². The second kappa shape index (κ2) is 6.83. The van der Waals surface area contributed by atoms with Gasteiger partial charge in [0.1, 0.15) is 4.90 Å². The summed E-state index contributed by atoms with van der Waals surface area (Å²) < 4.78 is 26.3. The van der Waals surface area contributed by atoms with Crippen molar-refractivity contribution >= 4 is 61.4 Å². The van der Waals surface area contributed by atoms with E-state index < -0.39 is 21.7 Å². The molecule has 0 aromatic heterocycles. The predicted molar refractivity (Wildman–Crippen MR) is 98.1 cm³/mol. The van der Waals surface area contributed by atoms with Crippen LogP contribution >= 0.6 is 40.3 Å². The molecule has 1 fully saturated rings. The molecule has 2 aliphatic rings. The highest BCUT2D eigenvalue weighted by molar-refractivity contribution is 8.93. The maximum absolute atomic E-state index is 12.2. The number of benzene rings is 1. The van der Waals surface area contributed by atoms with Crippen LogP contribution in [0, 0.1) is 0 Å². The van der Waals surface area contributed by atoms with E-state index in [0.717, 1.165) is 12.1 Å². The fraction of sp³-hybridized carbons (Fsp3) is 0.385. The lowest BCUT2D eigenvalue weighted by atomic mass is 10.0. The third-order valence-corrected chi connectivity index (χ3v) is 6.68. The number of carbonyl (C=O) groups excluding carboxylic acids is 1. The molecule has 1 aromatic rings. The van der Waals surface area contributed by atoms with Gasteiger partial charge < -0.3 is 10.0 Å². The number of thioether (sulfide) groups is 1. The van der Waals surface area contributed by atoms with Crippen LogP contribution < -0.4 is 4.72 Å². The molecule has 2 aliphatic heterocycles. The largest absolute Gasteiger partial charge is 0.366 e. The lowest BCUT2D eigenvalue weighted by Crippen LogP contribution is -2.44. The van der Waals surface area contributed by atoms with Gasteiger partial charge in [-0.15, -0.1) is 17.0 Å². The van der Waals surface area contributed by atoms with E-state index in [0.29, 0.717) is 24.4 Å². The molecule has 0 radical (unpaired) electrons. The van der Waals surface area contributed by atoms with Gasteiger partial charge in [-0.1, -0.05) is 29.4 Å². The molecule has 1 aromatic carbocycles. The van der Waals surface area contributed by atoms with Gasteiger partial charge in [0.05, 0.1) is 17.3 Å². The Labute approximate surface area is 159 Å². The molecule has 7 nitrogen and oxygen atoms in total. The summed E-state index contributed by atoms with van der Waals surface area (Å²) in [5, 5.41) is 11.7. The van der Waals surface area contributed by atoms with Gasteiger partial charge in [-0.3, -0.25) is 9.79 Å². The lowest BCUT2D eigenvalue weighted by Gasteiger charge is -2.32. The van der Waals surface area contributed by atoms with Crippen LogP contribution in [0.1, 0.15) is 12.5 Å². The number of nitrogens with one attached hydrogen (secondary N) is 1. The molecule has 24 heavy (non-hydrogen) atoms. The van der Waals surface area contributed by atoms with Crippen molar-refractivity contribution in [1.29, 1.82) is 0 Å². The highest BCUT2D eigenvalue weighted by Gasteiger charge is 2.46. The predicted octanol–water partition coefficient (Wildman–Crippen LogP) is 1.31.